The van der Waals surface area contributed by atoms with Crippen LogP contribution in [0.1, 0.15) is 16.1 Å². The number of hydrogen-bond acceptors (Lipinski definition) is 5. The van der Waals surface area contributed by atoms with Gasteiger partial charge in [-0.2, -0.15) is 0 Å². The Kier molecular flexibility index (Phi) is 6.33. The Morgan fingerprint density at radius 2 is 1.78 bits per heavy atom. The van der Waals surface area contributed by atoms with Gasteiger partial charge >= 0.3 is 5.97 Å². The van der Waals surface area contributed by atoms with Crippen LogP contribution in [0.3, 0.4) is 0 Å². The minimum Gasteiger partial charge on any atom is -0.460 e. The fourth-order valence-corrected chi connectivity index (χ4v) is 3.12. The van der Waals surface area contributed by atoms with Crippen molar-refractivity contribution in [3.63, 3.8) is 0 Å². The summed E-state index contributed by atoms with van der Waals surface area (Å²) >= 11 is 1.61. The maximum atomic E-state index is 12.0. The molecule has 0 aliphatic carbocycles. The highest BCUT2D eigenvalue weighted by atomic mass is 32.1. The molecule has 2 aromatic carbocycles. The van der Waals surface area contributed by atoms with Crippen LogP contribution in [0, 0.1) is 6.92 Å². The summed E-state index contributed by atoms with van der Waals surface area (Å²) < 4.78 is 5.14. The lowest BCUT2D eigenvalue weighted by molar-refractivity contribution is -0.145. The summed E-state index contributed by atoms with van der Waals surface area (Å²) in [5.41, 5.74) is 3.75. The topological polar surface area (TPSA) is 68.3 Å². The number of benzene rings is 2. The number of hydrogen-bond donors (Lipinski definition) is 1. The number of carbonyl (C=O) groups excluding carboxylic acids is 2. The molecule has 3 aromatic rings. The van der Waals surface area contributed by atoms with Crippen LogP contribution in [0.15, 0.2) is 60.0 Å². The number of ether oxygens (including phenoxy) is 1. The molecule has 0 atom stereocenters. The Hall–Kier alpha value is -2.99. The van der Waals surface area contributed by atoms with Gasteiger partial charge in [0.1, 0.15) is 13.2 Å². The quantitative estimate of drug-likeness (QED) is 0.637. The van der Waals surface area contributed by atoms with E-state index in [0.717, 1.165) is 27.4 Å². The Bertz CT molecular complexity index is 905. The predicted molar refractivity (Wildman–Crippen MR) is 105 cm³/mol. The summed E-state index contributed by atoms with van der Waals surface area (Å²) in [6, 6.07) is 17.1. The highest BCUT2D eigenvalue weighted by Gasteiger charge is 2.09. The third-order valence-electron chi connectivity index (χ3n) is 3.91. The Labute approximate surface area is 162 Å². The first-order chi connectivity index (χ1) is 13.1. The van der Waals surface area contributed by atoms with Crippen LogP contribution < -0.4 is 5.32 Å². The van der Waals surface area contributed by atoms with Crippen LogP contribution in [-0.4, -0.2) is 23.4 Å². The van der Waals surface area contributed by atoms with Gasteiger partial charge < -0.3 is 10.1 Å². The van der Waals surface area contributed by atoms with Gasteiger partial charge in [0.25, 0.3) is 0 Å². The zero-order valence-corrected chi connectivity index (χ0v) is 15.8. The Morgan fingerprint density at radius 3 is 2.44 bits per heavy atom. The van der Waals surface area contributed by atoms with E-state index in [9.17, 15) is 9.59 Å². The summed E-state index contributed by atoms with van der Waals surface area (Å²) in [5.74, 6) is -0.676. The molecule has 0 saturated carbocycles. The first-order valence-electron chi connectivity index (χ1n) is 8.58. The van der Waals surface area contributed by atoms with Crippen LogP contribution in [0.25, 0.3) is 11.3 Å². The number of nitrogens with one attached hydrogen (secondary N) is 1. The van der Waals surface area contributed by atoms with Crippen molar-refractivity contribution >= 4 is 23.2 Å². The molecule has 0 aliphatic heterocycles. The van der Waals surface area contributed by atoms with E-state index < -0.39 is 5.97 Å². The molecule has 3 rings (SSSR count). The molecule has 1 heterocycles. The Morgan fingerprint density at radius 1 is 1.04 bits per heavy atom. The lowest BCUT2D eigenvalue weighted by atomic mass is 10.1. The lowest BCUT2D eigenvalue weighted by Crippen LogP contribution is -2.31. The summed E-state index contributed by atoms with van der Waals surface area (Å²) in [6.07, 6.45) is 0.211. The molecular formula is C21H20N2O3S. The third-order valence-corrected chi connectivity index (χ3v) is 4.68. The average molecular weight is 380 g/mol. The minimum absolute atomic E-state index is 0.137. The number of amides is 1. The van der Waals surface area contributed by atoms with Crippen molar-refractivity contribution in [3.05, 3.63) is 76.1 Å². The molecule has 0 spiro atoms. The zero-order valence-electron chi connectivity index (χ0n) is 15.0. The molecule has 1 N–H and O–H groups in total. The van der Waals surface area contributed by atoms with Gasteiger partial charge in [0.15, 0.2) is 0 Å². The SMILES string of the molecule is Cc1nc(-c2ccc(CC(=O)NCC(=O)OCc3ccccc3)cc2)cs1. The predicted octanol–water partition coefficient (Wildman–Crippen LogP) is 3.52. The van der Waals surface area contributed by atoms with Gasteiger partial charge in [0.2, 0.25) is 5.91 Å². The monoisotopic (exact) mass is 380 g/mol. The van der Waals surface area contributed by atoms with Crippen molar-refractivity contribution < 1.29 is 14.3 Å². The number of nitrogens with zero attached hydrogens (tertiary/aromatic N) is 1. The largest absolute Gasteiger partial charge is 0.460 e. The van der Waals surface area contributed by atoms with Gasteiger partial charge in [-0.1, -0.05) is 54.6 Å². The lowest BCUT2D eigenvalue weighted by Gasteiger charge is -2.07. The number of aromatic nitrogens is 1. The van der Waals surface area contributed by atoms with Crippen LogP contribution in [0.5, 0.6) is 0 Å². The normalized spacial score (nSPS) is 10.4. The van der Waals surface area contributed by atoms with Crippen LogP contribution >= 0.6 is 11.3 Å². The average Bonchev–Trinajstić information content (AvgIpc) is 3.12. The van der Waals surface area contributed by atoms with Crippen molar-refractivity contribution in [2.45, 2.75) is 20.0 Å². The molecule has 0 saturated heterocycles. The molecule has 6 heteroatoms. The second kappa shape index (κ2) is 9.09. The molecule has 0 radical (unpaired) electrons. The zero-order chi connectivity index (χ0) is 19.1. The third kappa shape index (κ3) is 5.76. The number of rotatable bonds is 7. The van der Waals surface area contributed by atoms with Gasteiger partial charge in [-0.3, -0.25) is 9.59 Å². The van der Waals surface area contributed by atoms with Gasteiger partial charge in [-0.15, -0.1) is 11.3 Å². The summed E-state index contributed by atoms with van der Waals surface area (Å²) in [6.45, 7) is 2.03. The molecule has 138 valence electrons. The fraction of sp³-hybridized carbons (Fsp3) is 0.190. The molecule has 5 nitrogen and oxygen atoms in total. The molecule has 1 amide bonds. The molecule has 0 unspecified atom stereocenters. The number of thiazole rings is 1. The summed E-state index contributed by atoms with van der Waals surface area (Å²) in [7, 11) is 0. The second-order valence-electron chi connectivity index (χ2n) is 6.05. The highest BCUT2D eigenvalue weighted by Crippen LogP contribution is 2.21. The van der Waals surface area contributed by atoms with Gasteiger partial charge in [0.05, 0.1) is 17.1 Å². The number of aryl methyl sites for hydroxylation is 1. The highest BCUT2D eigenvalue weighted by molar-refractivity contribution is 7.09. The van der Waals surface area contributed by atoms with Crippen molar-refractivity contribution in [3.8, 4) is 11.3 Å². The van der Waals surface area contributed by atoms with Crippen molar-refractivity contribution in [1.29, 1.82) is 0 Å². The molecule has 0 aliphatic rings. The van der Waals surface area contributed by atoms with E-state index in [0.29, 0.717) is 0 Å². The van der Waals surface area contributed by atoms with E-state index in [1.54, 1.807) is 11.3 Å². The van der Waals surface area contributed by atoms with Crippen LogP contribution in [0.4, 0.5) is 0 Å². The van der Waals surface area contributed by atoms with E-state index in [-0.39, 0.29) is 25.5 Å². The molecule has 0 fully saturated rings. The van der Waals surface area contributed by atoms with E-state index in [1.807, 2.05) is 66.9 Å². The molecule has 27 heavy (non-hydrogen) atoms. The maximum Gasteiger partial charge on any atom is 0.325 e. The first kappa shape index (κ1) is 18.8. The first-order valence-corrected chi connectivity index (χ1v) is 9.46. The van der Waals surface area contributed by atoms with Gasteiger partial charge in [0, 0.05) is 10.9 Å². The summed E-state index contributed by atoms with van der Waals surface area (Å²) in [5, 5.41) is 5.63. The molecular weight excluding hydrogens is 360 g/mol. The number of esters is 1. The van der Waals surface area contributed by atoms with E-state index in [4.69, 9.17) is 4.74 Å². The van der Waals surface area contributed by atoms with Crippen molar-refractivity contribution in [1.82, 2.24) is 10.3 Å². The van der Waals surface area contributed by atoms with Crippen LogP contribution in [-0.2, 0) is 27.4 Å². The van der Waals surface area contributed by atoms with Crippen molar-refractivity contribution in [2.75, 3.05) is 6.54 Å². The van der Waals surface area contributed by atoms with Crippen molar-refractivity contribution in [2.24, 2.45) is 0 Å². The summed E-state index contributed by atoms with van der Waals surface area (Å²) in [4.78, 5) is 28.2. The van der Waals surface area contributed by atoms with Crippen LogP contribution in [0.2, 0.25) is 0 Å². The van der Waals surface area contributed by atoms with E-state index in [2.05, 4.69) is 10.3 Å². The Balaban J connectivity index is 1.43. The smallest absolute Gasteiger partial charge is 0.325 e. The van der Waals surface area contributed by atoms with E-state index >= 15 is 0 Å². The fourth-order valence-electron chi connectivity index (χ4n) is 2.50. The van der Waals surface area contributed by atoms with Gasteiger partial charge in [-0.25, -0.2) is 4.98 Å². The number of carbonyl (C=O) groups is 2. The minimum atomic E-state index is -0.457. The maximum absolute atomic E-state index is 12.0. The van der Waals surface area contributed by atoms with E-state index in [1.165, 1.54) is 0 Å². The molecule has 0 bridgehead atoms. The second-order valence-corrected chi connectivity index (χ2v) is 7.11. The molecule has 1 aromatic heterocycles. The van der Waals surface area contributed by atoms with Gasteiger partial charge in [-0.05, 0) is 18.1 Å². The standard InChI is InChI=1S/C21H20N2O3S/c1-15-23-19(14-27-15)18-9-7-16(8-10-18)11-20(24)22-12-21(25)26-13-17-5-3-2-4-6-17/h2-10,14H,11-13H2,1H3,(H,22,24).